The average molecular weight is 606 g/mol. The molecule has 1 aliphatic heterocycles. The van der Waals surface area contributed by atoms with Gasteiger partial charge in [-0.05, 0) is 63.4 Å². The minimum atomic E-state index is -0.602. The Bertz CT molecular complexity index is 1710. The summed E-state index contributed by atoms with van der Waals surface area (Å²) in [6.07, 6.45) is 2.74. The van der Waals surface area contributed by atoms with Crippen LogP contribution in [-0.4, -0.2) is 57.8 Å². The van der Waals surface area contributed by atoms with Gasteiger partial charge in [-0.3, -0.25) is 9.59 Å². The molecule has 3 heterocycles. The number of halogens is 1. The number of alkyl carbamates (subject to hydrolysis) is 1. The van der Waals surface area contributed by atoms with Crippen LogP contribution in [-0.2, 0) is 17.8 Å². The number of fused-ring (bicyclic) bond motifs is 1. The lowest BCUT2D eigenvalue weighted by Gasteiger charge is -2.34. The van der Waals surface area contributed by atoms with E-state index in [0.717, 1.165) is 18.4 Å². The summed E-state index contributed by atoms with van der Waals surface area (Å²) in [5.74, 6) is 0.946. The molecule has 1 fully saturated rings. The monoisotopic (exact) mass is 605 g/mol. The topological polar surface area (TPSA) is 108 Å². The number of carbonyl (C=O) groups is 2. The number of rotatable bonds is 8. The highest BCUT2D eigenvalue weighted by atomic mass is 35.5. The molecule has 226 valence electrons. The van der Waals surface area contributed by atoms with E-state index in [4.69, 9.17) is 26.1 Å². The molecule has 11 heteroatoms. The van der Waals surface area contributed by atoms with Crippen LogP contribution in [0, 0.1) is 0 Å². The second-order valence-corrected chi connectivity index (χ2v) is 12.1. The van der Waals surface area contributed by atoms with Crippen LogP contribution in [0.15, 0.2) is 65.6 Å². The maximum absolute atomic E-state index is 14.0. The number of Topliss-reactive ketones (excluding diaryl/α,β-unsaturated/α-hetero) is 1. The Kier molecular flexibility index (Phi) is 8.77. The molecular formula is C32H36ClN5O5. The molecule has 1 atom stereocenters. The van der Waals surface area contributed by atoms with E-state index >= 15 is 0 Å². The third-order valence-corrected chi connectivity index (χ3v) is 7.64. The average Bonchev–Trinajstić information content (AvgIpc) is 3.33. The number of ether oxygens (including phenoxy) is 2. The molecule has 1 amide bonds. The van der Waals surface area contributed by atoms with Crippen molar-refractivity contribution in [3.63, 3.8) is 0 Å². The van der Waals surface area contributed by atoms with Crippen molar-refractivity contribution >= 4 is 40.5 Å². The summed E-state index contributed by atoms with van der Waals surface area (Å²) in [7, 11) is 1.54. The first-order valence-corrected chi connectivity index (χ1v) is 14.6. The Balaban J connectivity index is 1.51. The van der Waals surface area contributed by atoms with Crippen LogP contribution in [0.4, 0.5) is 10.7 Å². The maximum Gasteiger partial charge on any atom is 0.407 e. The number of hydrogen-bond donors (Lipinski definition) is 1. The molecular weight excluding hydrogens is 570 g/mol. The first-order valence-electron chi connectivity index (χ1n) is 14.3. The predicted octanol–water partition coefficient (Wildman–Crippen LogP) is 5.28. The molecule has 1 N–H and O–H groups in total. The van der Waals surface area contributed by atoms with Crippen molar-refractivity contribution in [1.82, 2.24) is 19.4 Å². The van der Waals surface area contributed by atoms with E-state index in [9.17, 15) is 14.4 Å². The standard InChI is InChI=1S/C32H36ClN5O5/c1-32(2,3)43-31(41)34-23-11-8-15-37(19-23)30-35-26-14-16-36(20-27(39)21-10-7-12-24(17-21)42-4)29(40)28(26)38(30)18-22-9-5-6-13-25(22)33/h5-7,9-10,12-14,16-17,23H,8,11,15,18-20H2,1-4H3,(H,34,41)/t23-/m1/s1. The van der Waals surface area contributed by atoms with Crippen LogP contribution in [0.25, 0.3) is 11.0 Å². The summed E-state index contributed by atoms with van der Waals surface area (Å²) in [6, 6.07) is 15.9. The van der Waals surface area contributed by atoms with Gasteiger partial charge in [-0.25, -0.2) is 9.78 Å². The molecule has 10 nitrogen and oxygen atoms in total. The number of carbonyl (C=O) groups excluding carboxylic acids is 2. The first kappa shape index (κ1) is 30.2. The fourth-order valence-corrected chi connectivity index (χ4v) is 5.47. The number of imidazole rings is 1. The van der Waals surface area contributed by atoms with Crippen LogP contribution in [0.5, 0.6) is 5.75 Å². The van der Waals surface area contributed by atoms with Crippen LogP contribution in [0.2, 0.25) is 5.02 Å². The lowest BCUT2D eigenvalue weighted by molar-refractivity contribution is 0.0499. The molecule has 0 aliphatic carbocycles. The molecule has 0 saturated carbocycles. The molecule has 4 aromatic rings. The lowest BCUT2D eigenvalue weighted by Crippen LogP contribution is -2.49. The number of methoxy groups -OCH3 is 1. The largest absolute Gasteiger partial charge is 0.497 e. The van der Waals surface area contributed by atoms with E-state index in [-0.39, 0.29) is 23.9 Å². The van der Waals surface area contributed by atoms with E-state index in [2.05, 4.69) is 10.2 Å². The highest BCUT2D eigenvalue weighted by molar-refractivity contribution is 6.31. The molecule has 1 aliphatic rings. The third-order valence-electron chi connectivity index (χ3n) is 7.27. The van der Waals surface area contributed by atoms with E-state index in [1.165, 1.54) is 11.7 Å². The number of hydrogen-bond acceptors (Lipinski definition) is 7. The summed E-state index contributed by atoms with van der Waals surface area (Å²) in [6.45, 7) is 6.83. The maximum atomic E-state index is 14.0. The van der Waals surface area contributed by atoms with Gasteiger partial charge in [0.05, 0.1) is 25.7 Å². The van der Waals surface area contributed by atoms with Gasteiger partial charge < -0.3 is 28.8 Å². The molecule has 43 heavy (non-hydrogen) atoms. The molecule has 2 aromatic carbocycles. The minimum absolute atomic E-state index is 0.139. The van der Waals surface area contributed by atoms with Crippen LogP contribution in [0.1, 0.15) is 49.5 Å². The number of piperidine rings is 1. The number of nitrogens with one attached hydrogen (secondary N) is 1. The number of pyridine rings is 1. The van der Waals surface area contributed by atoms with Gasteiger partial charge >= 0.3 is 6.09 Å². The van der Waals surface area contributed by atoms with Crippen molar-refractivity contribution in [3.05, 3.63) is 87.3 Å². The quantitative estimate of drug-likeness (QED) is 0.272. The van der Waals surface area contributed by atoms with E-state index in [1.807, 2.05) is 49.6 Å². The van der Waals surface area contributed by atoms with Crippen molar-refractivity contribution in [2.45, 2.75) is 58.3 Å². The van der Waals surface area contributed by atoms with E-state index < -0.39 is 11.7 Å². The summed E-state index contributed by atoms with van der Waals surface area (Å²) >= 11 is 6.55. The predicted molar refractivity (Wildman–Crippen MR) is 166 cm³/mol. The number of anilines is 1. The lowest BCUT2D eigenvalue weighted by atomic mass is 10.1. The molecule has 5 rings (SSSR count). The van der Waals surface area contributed by atoms with Crippen LogP contribution >= 0.6 is 11.6 Å². The fraction of sp³-hybridized carbons (Fsp3) is 0.375. The van der Waals surface area contributed by atoms with Gasteiger partial charge in [0.2, 0.25) is 5.95 Å². The molecule has 0 bridgehead atoms. The Morgan fingerprint density at radius 2 is 1.91 bits per heavy atom. The number of ketones is 1. The van der Waals surface area contributed by atoms with Crippen molar-refractivity contribution in [2.24, 2.45) is 0 Å². The van der Waals surface area contributed by atoms with Gasteiger partial charge in [-0.2, -0.15) is 0 Å². The summed E-state index contributed by atoms with van der Waals surface area (Å²) in [4.78, 5) is 46.6. The summed E-state index contributed by atoms with van der Waals surface area (Å²) < 4.78 is 14.0. The van der Waals surface area contributed by atoms with E-state index in [0.29, 0.717) is 53.0 Å². The van der Waals surface area contributed by atoms with E-state index in [1.54, 1.807) is 36.5 Å². The Hall–Kier alpha value is -4.31. The molecule has 2 aromatic heterocycles. The first-order chi connectivity index (χ1) is 20.5. The highest BCUT2D eigenvalue weighted by Gasteiger charge is 2.28. The van der Waals surface area contributed by atoms with Crippen LogP contribution < -0.4 is 20.5 Å². The second kappa shape index (κ2) is 12.5. The Morgan fingerprint density at radius 1 is 1.12 bits per heavy atom. The molecule has 0 unspecified atom stereocenters. The van der Waals surface area contributed by atoms with Gasteiger partial charge in [0.15, 0.2) is 5.78 Å². The summed E-state index contributed by atoms with van der Waals surface area (Å²) in [5, 5.41) is 3.55. The summed E-state index contributed by atoms with van der Waals surface area (Å²) in [5.41, 5.74) is 1.23. The number of amides is 1. The van der Waals surface area contributed by atoms with Crippen LogP contribution in [0.3, 0.4) is 0 Å². The molecule has 1 saturated heterocycles. The van der Waals surface area contributed by atoms with Crippen molar-refractivity contribution in [2.75, 3.05) is 25.1 Å². The highest BCUT2D eigenvalue weighted by Crippen LogP contribution is 2.27. The normalized spacial score (nSPS) is 15.4. The van der Waals surface area contributed by atoms with Gasteiger partial charge in [0.1, 0.15) is 16.9 Å². The van der Waals surface area contributed by atoms with Gasteiger partial charge in [-0.15, -0.1) is 0 Å². The Labute approximate surface area is 255 Å². The van der Waals surface area contributed by atoms with Crippen molar-refractivity contribution in [1.29, 1.82) is 0 Å². The van der Waals surface area contributed by atoms with Gasteiger partial charge in [-0.1, -0.05) is 41.9 Å². The Morgan fingerprint density at radius 3 is 2.65 bits per heavy atom. The zero-order valence-corrected chi connectivity index (χ0v) is 25.6. The van der Waals surface area contributed by atoms with Crippen molar-refractivity contribution < 1.29 is 19.1 Å². The fourth-order valence-electron chi connectivity index (χ4n) is 5.27. The van der Waals surface area contributed by atoms with Gasteiger partial charge in [0.25, 0.3) is 5.56 Å². The smallest absolute Gasteiger partial charge is 0.407 e. The van der Waals surface area contributed by atoms with Gasteiger partial charge in [0, 0.05) is 35.9 Å². The molecule has 0 radical (unpaired) electrons. The second-order valence-electron chi connectivity index (χ2n) is 11.7. The number of benzene rings is 2. The zero-order chi connectivity index (χ0) is 30.7. The molecule has 0 spiro atoms. The zero-order valence-electron chi connectivity index (χ0n) is 24.8. The third kappa shape index (κ3) is 7.02. The minimum Gasteiger partial charge on any atom is -0.497 e. The number of nitrogens with zero attached hydrogens (tertiary/aromatic N) is 4. The SMILES string of the molecule is COc1cccc(C(=O)Cn2ccc3nc(N4CCC[C@@H](NC(=O)OC(C)(C)C)C4)n(Cc4ccccc4Cl)c3c2=O)c1. The number of aromatic nitrogens is 3. The van der Waals surface area contributed by atoms with Crippen molar-refractivity contribution in [3.8, 4) is 5.75 Å².